The highest BCUT2D eigenvalue weighted by Crippen LogP contribution is 2.17. The van der Waals surface area contributed by atoms with Gasteiger partial charge in [-0.05, 0) is 24.3 Å². The highest BCUT2D eigenvalue weighted by molar-refractivity contribution is 7.80. The van der Waals surface area contributed by atoms with Crippen LogP contribution in [-0.2, 0) is 21.7 Å². The third kappa shape index (κ3) is 4.28. The van der Waals surface area contributed by atoms with Gasteiger partial charge < -0.3 is 10.4 Å². The fourth-order valence-electron chi connectivity index (χ4n) is 1.61. The smallest absolute Gasteiger partial charge is 0.249 e. The predicted octanol–water partition coefficient (Wildman–Crippen LogP) is 1.56. The minimum Gasteiger partial charge on any atom is -0.396 e. The molecule has 0 fully saturated rings. The fraction of sp³-hybridized carbons (Fsp3) is 0.231. The van der Waals surface area contributed by atoms with E-state index in [-0.39, 0.29) is 17.6 Å². The first-order valence-electron chi connectivity index (χ1n) is 6.10. The fourth-order valence-corrected chi connectivity index (χ4v) is 2.12. The Bertz CT molecular complexity index is 637. The molecule has 0 amide bonds. The molecule has 6 nitrogen and oxygen atoms in total. The van der Waals surface area contributed by atoms with E-state index in [2.05, 4.69) is 15.3 Å². The maximum atomic E-state index is 12.9. The van der Waals surface area contributed by atoms with Crippen molar-refractivity contribution in [2.45, 2.75) is 11.6 Å². The summed E-state index contributed by atoms with van der Waals surface area (Å²) in [5.74, 6) is 0.0471. The molecule has 2 N–H and O–H groups in total. The first kappa shape index (κ1) is 15.5. The molecule has 2 aromatic rings. The zero-order valence-electron chi connectivity index (χ0n) is 11.2. The quantitative estimate of drug-likeness (QED) is 0.788. The highest BCUT2D eigenvalue weighted by Gasteiger charge is 2.11. The van der Waals surface area contributed by atoms with E-state index < -0.39 is 11.1 Å². The molecular weight excluding hydrogens is 297 g/mol. The van der Waals surface area contributed by atoms with Crippen LogP contribution in [0.25, 0.3) is 0 Å². The molecule has 1 aromatic carbocycles. The Hall–Kier alpha value is -1.90. The SMILES string of the molecule is COS(=O)c1nc(CCO)cc(Nc2ccc(F)cc2)n1. The summed E-state index contributed by atoms with van der Waals surface area (Å²) in [7, 11) is 1.28. The standard InChI is InChI=1S/C13H14FN3O3S/c1-20-21(19)13-16-11(6-7-18)8-12(17-13)15-10-4-2-9(14)3-5-10/h2-5,8,18H,6-7H2,1H3,(H,15,16,17). The molecule has 0 bridgehead atoms. The van der Waals surface area contributed by atoms with E-state index in [1.165, 1.54) is 19.2 Å². The van der Waals surface area contributed by atoms with Gasteiger partial charge in [0, 0.05) is 30.5 Å². The number of hydrogen-bond donors (Lipinski definition) is 2. The summed E-state index contributed by atoms with van der Waals surface area (Å²) in [6.07, 6.45) is 0.300. The van der Waals surface area contributed by atoms with Crippen molar-refractivity contribution in [2.24, 2.45) is 0 Å². The Labute approximate surface area is 123 Å². The van der Waals surface area contributed by atoms with E-state index in [1.54, 1.807) is 18.2 Å². The number of aliphatic hydroxyl groups excluding tert-OH is 1. The van der Waals surface area contributed by atoms with Gasteiger partial charge in [-0.1, -0.05) is 0 Å². The summed E-state index contributed by atoms with van der Waals surface area (Å²) < 4.78 is 29.2. The van der Waals surface area contributed by atoms with Crippen LogP contribution in [0.4, 0.5) is 15.9 Å². The van der Waals surface area contributed by atoms with Crippen LogP contribution in [0.3, 0.4) is 0 Å². The van der Waals surface area contributed by atoms with Crippen molar-refractivity contribution >= 4 is 22.6 Å². The van der Waals surface area contributed by atoms with E-state index >= 15 is 0 Å². The molecule has 0 saturated carbocycles. The van der Waals surface area contributed by atoms with Gasteiger partial charge in [0.2, 0.25) is 16.2 Å². The second-order valence-electron chi connectivity index (χ2n) is 4.03. The number of benzene rings is 1. The summed E-state index contributed by atoms with van der Waals surface area (Å²) in [5, 5.41) is 12.0. The van der Waals surface area contributed by atoms with Crippen molar-refractivity contribution < 1.29 is 17.9 Å². The average Bonchev–Trinajstić information content (AvgIpc) is 2.49. The molecule has 0 spiro atoms. The first-order chi connectivity index (χ1) is 10.1. The lowest BCUT2D eigenvalue weighted by molar-refractivity contribution is 0.297. The molecule has 0 radical (unpaired) electrons. The van der Waals surface area contributed by atoms with Crippen LogP contribution in [0, 0.1) is 5.82 Å². The maximum absolute atomic E-state index is 12.9. The van der Waals surface area contributed by atoms with E-state index in [9.17, 15) is 8.60 Å². The molecule has 2 rings (SSSR count). The number of hydrogen-bond acceptors (Lipinski definition) is 6. The number of anilines is 2. The molecule has 0 aliphatic rings. The van der Waals surface area contributed by atoms with Gasteiger partial charge in [-0.2, -0.15) is 0 Å². The average molecular weight is 311 g/mol. The summed E-state index contributed by atoms with van der Waals surface area (Å²) in [5.41, 5.74) is 1.15. The van der Waals surface area contributed by atoms with Crippen LogP contribution < -0.4 is 5.32 Å². The summed E-state index contributed by atoms with van der Waals surface area (Å²) in [6, 6.07) is 7.35. The van der Waals surface area contributed by atoms with E-state index in [4.69, 9.17) is 9.29 Å². The number of nitrogens with zero attached hydrogens (tertiary/aromatic N) is 2. The molecule has 112 valence electrons. The molecule has 8 heteroatoms. The minimum absolute atomic E-state index is 0.00746. The monoisotopic (exact) mass is 311 g/mol. The summed E-state index contributed by atoms with van der Waals surface area (Å²) in [4.78, 5) is 8.13. The van der Waals surface area contributed by atoms with E-state index in [0.717, 1.165) is 0 Å². The zero-order valence-corrected chi connectivity index (χ0v) is 12.1. The molecule has 0 saturated heterocycles. The number of rotatable bonds is 6. The summed E-state index contributed by atoms with van der Waals surface area (Å²) in [6.45, 7) is -0.0912. The van der Waals surface area contributed by atoms with Crippen LogP contribution >= 0.6 is 0 Å². The normalized spacial score (nSPS) is 12.1. The van der Waals surface area contributed by atoms with Gasteiger partial charge >= 0.3 is 0 Å². The van der Waals surface area contributed by atoms with Gasteiger partial charge in [0.05, 0.1) is 7.11 Å². The van der Waals surface area contributed by atoms with Crippen LogP contribution in [0.1, 0.15) is 5.69 Å². The van der Waals surface area contributed by atoms with Crippen molar-refractivity contribution in [3.63, 3.8) is 0 Å². The Kier molecular flexibility index (Phi) is 5.32. The van der Waals surface area contributed by atoms with E-state index in [0.29, 0.717) is 23.6 Å². The molecular formula is C13H14FN3O3S. The predicted molar refractivity (Wildman–Crippen MR) is 75.9 cm³/mol. The minimum atomic E-state index is -1.78. The number of aromatic nitrogens is 2. The van der Waals surface area contributed by atoms with Crippen LogP contribution in [0.5, 0.6) is 0 Å². The van der Waals surface area contributed by atoms with Crippen LogP contribution in [0.15, 0.2) is 35.5 Å². The first-order valence-corrected chi connectivity index (χ1v) is 7.17. The van der Waals surface area contributed by atoms with Gasteiger partial charge in [0.1, 0.15) is 11.6 Å². The molecule has 1 unspecified atom stereocenters. The third-order valence-corrected chi connectivity index (χ3v) is 3.33. The maximum Gasteiger partial charge on any atom is 0.249 e. The molecule has 1 heterocycles. The van der Waals surface area contributed by atoms with Gasteiger partial charge in [0.15, 0.2) is 0 Å². The molecule has 0 aliphatic carbocycles. The van der Waals surface area contributed by atoms with Crippen LogP contribution in [0.2, 0.25) is 0 Å². The van der Waals surface area contributed by atoms with Gasteiger partial charge in [-0.3, -0.25) is 4.18 Å². The largest absolute Gasteiger partial charge is 0.396 e. The highest BCUT2D eigenvalue weighted by atomic mass is 32.2. The number of halogens is 1. The second-order valence-corrected chi connectivity index (χ2v) is 5.20. The third-order valence-electron chi connectivity index (χ3n) is 2.54. The van der Waals surface area contributed by atoms with Crippen LogP contribution in [-0.4, -0.2) is 33.0 Å². The Morgan fingerprint density at radius 3 is 2.67 bits per heavy atom. The molecule has 1 aromatic heterocycles. The number of aliphatic hydroxyl groups is 1. The Morgan fingerprint density at radius 1 is 1.33 bits per heavy atom. The Balaban J connectivity index is 2.30. The lowest BCUT2D eigenvalue weighted by Crippen LogP contribution is -2.07. The topological polar surface area (TPSA) is 84.3 Å². The van der Waals surface area contributed by atoms with Gasteiger partial charge in [-0.25, -0.2) is 18.6 Å². The van der Waals surface area contributed by atoms with Gasteiger partial charge in [-0.15, -0.1) is 0 Å². The molecule has 21 heavy (non-hydrogen) atoms. The zero-order chi connectivity index (χ0) is 15.2. The van der Waals surface area contributed by atoms with Crippen molar-refractivity contribution in [3.8, 4) is 0 Å². The van der Waals surface area contributed by atoms with E-state index in [1.807, 2.05) is 0 Å². The van der Waals surface area contributed by atoms with Crippen molar-refractivity contribution in [2.75, 3.05) is 19.0 Å². The van der Waals surface area contributed by atoms with Gasteiger partial charge in [0.25, 0.3) is 0 Å². The lowest BCUT2D eigenvalue weighted by Gasteiger charge is -2.09. The molecule has 1 atom stereocenters. The van der Waals surface area contributed by atoms with Crippen molar-refractivity contribution in [1.82, 2.24) is 9.97 Å². The number of nitrogens with one attached hydrogen (secondary N) is 1. The summed E-state index contributed by atoms with van der Waals surface area (Å²) >= 11 is -1.78. The lowest BCUT2D eigenvalue weighted by atomic mass is 10.3. The van der Waals surface area contributed by atoms with Crippen molar-refractivity contribution in [3.05, 3.63) is 41.8 Å². The second kappa shape index (κ2) is 7.21. The Morgan fingerprint density at radius 2 is 2.05 bits per heavy atom. The molecule has 0 aliphatic heterocycles. The van der Waals surface area contributed by atoms with Crippen molar-refractivity contribution in [1.29, 1.82) is 0 Å².